The van der Waals surface area contributed by atoms with Crippen LogP contribution in [0.25, 0.3) is 10.2 Å². The number of anilines is 1. The number of fused-ring (bicyclic) bond motifs is 1. The van der Waals surface area contributed by atoms with Crippen LogP contribution in [-0.2, 0) is 4.79 Å². The summed E-state index contributed by atoms with van der Waals surface area (Å²) < 4.78 is 1.14. The first-order valence-corrected chi connectivity index (χ1v) is 10.5. The Bertz CT molecular complexity index is 762. The van der Waals surface area contributed by atoms with Crippen molar-refractivity contribution >= 4 is 33.3 Å². The monoisotopic (exact) mass is 373 g/mol. The van der Waals surface area contributed by atoms with Gasteiger partial charge in [0.2, 0.25) is 5.91 Å². The Labute approximate surface area is 158 Å². The number of rotatable bonds is 4. The molecule has 1 aliphatic carbocycles. The predicted octanol–water partition coefficient (Wildman–Crippen LogP) is 2.64. The van der Waals surface area contributed by atoms with Gasteiger partial charge >= 0.3 is 0 Å². The van der Waals surface area contributed by atoms with Gasteiger partial charge in [-0.25, -0.2) is 9.97 Å². The standard InChI is InChI=1S/C19H27N5OS/c20-13-19(5-2-1-3-6-19)12-16(25)23-7-9-24(10-8-23)18-17-15(4-11-26-17)21-14-22-18/h4,11,14H,1-3,5-10,12-13,20H2. The molecule has 0 atom stereocenters. The molecule has 2 fully saturated rings. The van der Waals surface area contributed by atoms with E-state index >= 15 is 0 Å². The van der Waals surface area contributed by atoms with Crippen LogP contribution in [0.2, 0.25) is 0 Å². The van der Waals surface area contributed by atoms with Gasteiger partial charge in [0.1, 0.15) is 12.1 Å². The first-order valence-electron chi connectivity index (χ1n) is 9.62. The number of carbonyl (C=O) groups is 1. The van der Waals surface area contributed by atoms with Crippen LogP contribution in [0.3, 0.4) is 0 Å². The summed E-state index contributed by atoms with van der Waals surface area (Å²) in [6.45, 7) is 3.81. The summed E-state index contributed by atoms with van der Waals surface area (Å²) in [6.07, 6.45) is 8.16. The highest BCUT2D eigenvalue weighted by atomic mass is 32.1. The van der Waals surface area contributed by atoms with Gasteiger partial charge in [-0.15, -0.1) is 11.3 Å². The number of nitrogens with zero attached hydrogens (tertiary/aromatic N) is 4. The van der Waals surface area contributed by atoms with E-state index in [-0.39, 0.29) is 11.3 Å². The minimum Gasteiger partial charge on any atom is -0.352 e. The molecular formula is C19H27N5OS. The predicted molar refractivity (Wildman–Crippen MR) is 105 cm³/mol. The molecule has 0 bridgehead atoms. The van der Waals surface area contributed by atoms with E-state index in [0.29, 0.717) is 13.0 Å². The average Bonchev–Trinajstić information content (AvgIpc) is 3.18. The van der Waals surface area contributed by atoms with Crippen molar-refractivity contribution in [3.63, 3.8) is 0 Å². The maximum atomic E-state index is 12.9. The largest absolute Gasteiger partial charge is 0.352 e. The molecule has 0 unspecified atom stereocenters. The number of hydrogen-bond acceptors (Lipinski definition) is 6. The minimum absolute atomic E-state index is 0.0439. The highest BCUT2D eigenvalue weighted by Gasteiger charge is 2.35. The topological polar surface area (TPSA) is 75.4 Å². The van der Waals surface area contributed by atoms with Crippen LogP contribution < -0.4 is 10.6 Å². The molecule has 3 heterocycles. The average molecular weight is 374 g/mol. The molecule has 2 N–H and O–H groups in total. The zero-order valence-electron chi connectivity index (χ0n) is 15.2. The smallest absolute Gasteiger partial charge is 0.223 e. The fraction of sp³-hybridized carbons (Fsp3) is 0.632. The number of thiophene rings is 1. The molecule has 2 aromatic heterocycles. The number of carbonyl (C=O) groups excluding carboxylic acids is 1. The van der Waals surface area contributed by atoms with E-state index < -0.39 is 0 Å². The SMILES string of the molecule is NCC1(CC(=O)N2CCN(c3ncnc4ccsc34)CC2)CCCCC1. The molecule has 1 saturated carbocycles. The van der Waals surface area contributed by atoms with Crippen LogP contribution >= 0.6 is 11.3 Å². The van der Waals surface area contributed by atoms with E-state index in [4.69, 9.17) is 5.73 Å². The second kappa shape index (κ2) is 7.48. The van der Waals surface area contributed by atoms with Gasteiger partial charge in [0.15, 0.2) is 0 Å². The number of nitrogens with two attached hydrogens (primary N) is 1. The second-order valence-electron chi connectivity index (χ2n) is 7.64. The van der Waals surface area contributed by atoms with Gasteiger partial charge in [-0.1, -0.05) is 19.3 Å². The Morgan fingerprint density at radius 1 is 1.15 bits per heavy atom. The van der Waals surface area contributed by atoms with Crippen molar-refractivity contribution in [2.75, 3.05) is 37.6 Å². The van der Waals surface area contributed by atoms with E-state index in [2.05, 4.69) is 20.2 Å². The van der Waals surface area contributed by atoms with Crippen molar-refractivity contribution in [3.05, 3.63) is 17.8 Å². The lowest BCUT2D eigenvalue weighted by Crippen LogP contribution is -2.50. The van der Waals surface area contributed by atoms with Crippen LogP contribution in [0.15, 0.2) is 17.8 Å². The lowest BCUT2D eigenvalue weighted by Gasteiger charge is -2.40. The first kappa shape index (κ1) is 17.7. The Balaban J connectivity index is 1.39. The van der Waals surface area contributed by atoms with E-state index in [0.717, 1.165) is 55.1 Å². The summed E-state index contributed by atoms with van der Waals surface area (Å²) in [6, 6.07) is 2.03. The van der Waals surface area contributed by atoms with Crippen molar-refractivity contribution in [2.45, 2.75) is 38.5 Å². The maximum Gasteiger partial charge on any atom is 0.223 e. The molecule has 4 rings (SSSR count). The van der Waals surface area contributed by atoms with Crippen LogP contribution in [0.4, 0.5) is 5.82 Å². The molecule has 2 aromatic rings. The molecule has 6 nitrogen and oxygen atoms in total. The molecule has 140 valence electrons. The molecule has 1 amide bonds. The zero-order valence-corrected chi connectivity index (χ0v) is 16.0. The van der Waals surface area contributed by atoms with Crippen molar-refractivity contribution in [3.8, 4) is 0 Å². The first-order chi connectivity index (χ1) is 12.7. The fourth-order valence-corrected chi connectivity index (χ4v) is 5.22. The molecular weight excluding hydrogens is 346 g/mol. The lowest BCUT2D eigenvalue weighted by molar-refractivity contribution is -0.134. The molecule has 26 heavy (non-hydrogen) atoms. The number of aromatic nitrogens is 2. The van der Waals surface area contributed by atoms with E-state index in [9.17, 15) is 4.79 Å². The lowest BCUT2D eigenvalue weighted by atomic mass is 9.71. The van der Waals surface area contributed by atoms with Gasteiger partial charge in [0.05, 0.1) is 10.2 Å². The summed E-state index contributed by atoms with van der Waals surface area (Å²) >= 11 is 1.68. The van der Waals surface area contributed by atoms with Gasteiger partial charge in [-0.2, -0.15) is 0 Å². The third-order valence-electron chi connectivity index (χ3n) is 6.03. The van der Waals surface area contributed by atoms with Gasteiger partial charge < -0.3 is 15.5 Å². The number of hydrogen-bond donors (Lipinski definition) is 1. The molecule has 2 aliphatic rings. The molecule has 1 aliphatic heterocycles. The van der Waals surface area contributed by atoms with Gasteiger partial charge in [-0.3, -0.25) is 4.79 Å². The number of piperazine rings is 1. The summed E-state index contributed by atoms with van der Waals surface area (Å²) in [5.41, 5.74) is 7.11. The third-order valence-corrected chi connectivity index (χ3v) is 6.93. The van der Waals surface area contributed by atoms with E-state index in [1.54, 1.807) is 17.7 Å². The van der Waals surface area contributed by atoms with Gasteiger partial charge in [0.25, 0.3) is 0 Å². The maximum absolute atomic E-state index is 12.9. The molecule has 0 aromatic carbocycles. The van der Waals surface area contributed by atoms with E-state index in [1.807, 2.05) is 11.0 Å². The highest BCUT2D eigenvalue weighted by molar-refractivity contribution is 7.17. The Morgan fingerprint density at radius 3 is 2.65 bits per heavy atom. The van der Waals surface area contributed by atoms with Crippen molar-refractivity contribution < 1.29 is 4.79 Å². The number of amides is 1. The minimum atomic E-state index is 0.0439. The molecule has 0 radical (unpaired) electrons. The Kier molecular flexibility index (Phi) is 5.09. The third kappa shape index (κ3) is 3.42. The van der Waals surface area contributed by atoms with Gasteiger partial charge in [0, 0.05) is 32.6 Å². The second-order valence-corrected chi connectivity index (χ2v) is 8.56. The van der Waals surface area contributed by atoms with Crippen molar-refractivity contribution in [2.24, 2.45) is 11.1 Å². The van der Waals surface area contributed by atoms with Crippen LogP contribution in [-0.4, -0.2) is 53.5 Å². The highest BCUT2D eigenvalue weighted by Crippen LogP contribution is 2.39. The fourth-order valence-electron chi connectivity index (χ4n) is 4.36. The van der Waals surface area contributed by atoms with Crippen LogP contribution in [0.5, 0.6) is 0 Å². The van der Waals surface area contributed by atoms with Crippen molar-refractivity contribution in [1.29, 1.82) is 0 Å². The summed E-state index contributed by atoms with van der Waals surface area (Å²) in [7, 11) is 0. The summed E-state index contributed by atoms with van der Waals surface area (Å²) in [5.74, 6) is 1.28. The van der Waals surface area contributed by atoms with Crippen LogP contribution in [0.1, 0.15) is 38.5 Å². The zero-order chi connectivity index (χ0) is 18.0. The molecule has 0 spiro atoms. The summed E-state index contributed by atoms with van der Waals surface area (Å²) in [4.78, 5) is 26.0. The summed E-state index contributed by atoms with van der Waals surface area (Å²) in [5, 5.41) is 2.05. The van der Waals surface area contributed by atoms with Crippen molar-refractivity contribution in [1.82, 2.24) is 14.9 Å². The molecule has 1 saturated heterocycles. The van der Waals surface area contributed by atoms with E-state index in [1.165, 1.54) is 19.3 Å². The molecule has 7 heteroatoms. The normalized spacial score (nSPS) is 20.5. The Hall–Kier alpha value is -1.73. The Morgan fingerprint density at radius 2 is 1.92 bits per heavy atom. The van der Waals surface area contributed by atoms with Gasteiger partial charge in [-0.05, 0) is 36.2 Å². The quantitative estimate of drug-likeness (QED) is 0.892. The van der Waals surface area contributed by atoms with Crippen LogP contribution in [0, 0.1) is 5.41 Å².